The molecule has 1 aliphatic rings. The van der Waals surface area contributed by atoms with Crippen LogP contribution in [0.5, 0.6) is 5.75 Å². The molecule has 0 radical (unpaired) electrons. The van der Waals surface area contributed by atoms with E-state index in [9.17, 15) is 14.4 Å². The van der Waals surface area contributed by atoms with Crippen molar-refractivity contribution in [2.24, 2.45) is 0 Å². The van der Waals surface area contributed by atoms with Gasteiger partial charge in [0.1, 0.15) is 24.0 Å². The van der Waals surface area contributed by atoms with Crippen molar-refractivity contribution in [2.75, 3.05) is 31.8 Å². The first-order valence-corrected chi connectivity index (χ1v) is 13.1. The Labute approximate surface area is 235 Å². The number of benzene rings is 2. The van der Waals surface area contributed by atoms with Gasteiger partial charge in [-0.25, -0.2) is 14.4 Å². The maximum atomic E-state index is 12.2. The first-order chi connectivity index (χ1) is 18.8. The monoisotopic (exact) mass is 553 g/mol. The van der Waals surface area contributed by atoms with E-state index in [0.717, 1.165) is 5.56 Å². The van der Waals surface area contributed by atoms with Crippen LogP contribution in [0.1, 0.15) is 43.0 Å². The van der Waals surface area contributed by atoms with Crippen LogP contribution >= 0.6 is 0 Å². The molecule has 1 aliphatic heterocycles. The molecule has 2 aromatic rings. The molecule has 3 rings (SSSR count). The number of nitrogens with one attached hydrogen (secondary N) is 1. The lowest BCUT2D eigenvalue weighted by molar-refractivity contribution is -0.143. The molecule has 1 heterocycles. The Hall–Kier alpha value is -4.21. The molecule has 1 N–H and O–H groups in total. The van der Waals surface area contributed by atoms with Gasteiger partial charge >= 0.3 is 18.2 Å². The second-order valence-corrected chi connectivity index (χ2v) is 10.7. The topological polar surface area (TPSA) is 107 Å². The fraction of sp³-hybridized carbons (Fsp3) is 0.433. The van der Waals surface area contributed by atoms with Crippen LogP contribution in [0.4, 0.5) is 15.3 Å². The van der Waals surface area contributed by atoms with Crippen LogP contribution in [0.15, 0.2) is 48.8 Å². The van der Waals surface area contributed by atoms with Gasteiger partial charge in [-0.1, -0.05) is 29.8 Å². The highest BCUT2D eigenvalue weighted by Crippen LogP contribution is 2.28. The summed E-state index contributed by atoms with van der Waals surface area (Å²) >= 11 is 0. The zero-order valence-corrected chi connectivity index (χ0v) is 24.3. The first-order valence-electron chi connectivity index (χ1n) is 13.1. The maximum Gasteiger partial charge on any atom is 0.513 e. The molecule has 0 saturated heterocycles. The van der Waals surface area contributed by atoms with E-state index >= 15 is 0 Å². The number of anilines is 1. The lowest BCUT2D eigenvalue weighted by Gasteiger charge is -2.24. The summed E-state index contributed by atoms with van der Waals surface area (Å²) in [5.74, 6) is -0.309. The molecule has 2 aromatic carbocycles. The van der Waals surface area contributed by atoms with Crippen molar-refractivity contribution in [3.63, 3.8) is 0 Å². The largest absolute Gasteiger partial charge is 0.513 e. The summed E-state index contributed by atoms with van der Waals surface area (Å²) in [6.45, 7) is 12.8. The minimum atomic E-state index is -0.939. The molecule has 0 unspecified atom stereocenters. The lowest BCUT2D eigenvalue weighted by atomic mass is 10.0. The van der Waals surface area contributed by atoms with Gasteiger partial charge in [0.2, 0.25) is 0 Å². The van der Waals surface area contributed by atoms with E-state index in [4.69, 9.17) is 18.9 Å². The van der Waals surface area contributed by atoms with E-state index in [1.54, 1.807) is 45.0 Å². The van der Waals surface area contributed by atoms with Crippen LogP contribution in [-0.4, -0.2) is 61.7 Å². The van der Waals surface area contributed by atoms with Gasteiger partial charge in [-0.05, 0) is 70.4 Å². The zero-order valence-electron chi connectivity index (χ0n) is 24.3. The molecule has 0 fully saturated rings. The van der Waals surface area contributed by atoms with Crippen LogP contribution in [0.2, 0.25) is 0 Å². The summed E-state index contributed by atoms with van der Waals surface area (Å²) in [6.07, 6.45) is 2.64. The van der Waals surface area contributed by atoms with Gasteiger partial charge in [-0.2, -0.15) is 0 Å². The normalized spacial score (nSPS) is 13.6. The van der Waals surface area contributed by atoms with E-state index in [1.807, 2.05) is 12.4 Å². The average Bonchev–Trinajstić information content (AvgIpc) is 3.30. The highest BCUT2D eigenvalue weighted by Gasteiger charge is 2.25. The van der Waals surface area contributed by atoms with Gasteiger partial charge in [0, 0.05) is 24.5 Å². The van der Waals surface area contributed by atoms with Crippen LogP contribution < -0.4 is 15.0 Å². The Kier molecular flexibility index (Phi) is 10.0. The number of ether oxygens (including phenoxy) is 4. The van der Waals surface area contributed by atoms with Crippen molar-refractivity contribution >= 4 is 23.9 Å². The minimum absolute atomic E-state index is 0.165. The summed E-state index contributed by atoms with van der Waals surface area (Å²) in [6, 6.07) is 9.96. The summed E-state index contributed by atoms with van der Waals surface area (Å²) < 4.78 is 20.6. The molecule has 10 nitrogen and oxygen atoms in total. The van der Waals surface area contributed by atoms with Gasteiger partial charge in [0.15, 0.2) is 0 Å². The fourth-order valence-electron chi connectivity index (χ4n) is 4.47. The Balaban J connectivity index is 1.45. The smallest absolute Gasteiger partial charge is 0.467 e. The summed E-state index contributed by atoms with van der Waals surface area (Å²) in [5, 5.41) is 2.53. The van der Waals surface area contributed by atoms with Crippen molar-refractivity contribution in [1.82, 2.24) is 10.2 Å². The third-order valence-electron chi connectivity index (χ3n) is 6.05. The maximum absolute atomic E-state index is 12.2. The fourth-order valence-corrected chi connectivity index (χ4v) is 4.47. The third-order valence-corrected chi connectivity index (χ3v) is 6.05. The molecular formula is C30H39N3O7. The highest BCUT2D eigenvalue weighted by atomic mass is 16.7. The lowest BCUT2D eigenvalue weighted by Crippen LogP contribution is -2.45. The van der Waals surface area contributed by atoms with Gasteiger partial charge in [-0.15, -0.1) is 0 Å². The Bertz CT molecular complexity index is 1210. The SMILES string of the molecule is COC(=O)[C@@H](Cc1ccc(OC(=O)OCCN2C=CN(c3c(C)cc(C)cc3C)C2)cc1)NC(=O)OC(C)(C)C. The molecule has 0 aromatic heterocycles. The van der Waals surface area contributed by atoms with Gasteiger partial charge in [0.05, 0.1) is 20.3 Å². The van der Waals surface area contributed by atoms with E-state index in [2.05, 4.69) is 48.0 Å². The van der Waals surface area contributed by atoms with Crippen LogP contribution in [-0.2, 0) is 25.4 Å². The van der Waals surface area contributed by atoms with Crippen molar-refractivity contribution in [1.29, 1.82) is 0 Å². The second kappa shape index (κ2) is 13.2. The predicted octanol–water partition coefficient (Wildman–Crippen LogP) is 4.99. The van der Waals surface area contributed by atoms with Gasteiger partial charge in [0.25, 0.3) is 0 Å². The molecular weight excluding hydrogens is 514 g/mol. The van der Waals surface area contributed by atoms with E-state index in [0.29, 0.717) is 19.0 Å². The zero-order chi connectivity index (χ0) is 29.4. The second-order valence-electron chi connectivity index (χ2n) is 10.7. The molecule has 0 saturated carbocycles. The van der Waals surface area contributed by atoms with Crippen molar-refractivity contribution in [3.8, 4) is 5.75 Å². The number of carbonyl (C=O) groups is 3. The van der Waals surface area contributed by atoms with Crippen LogP contribution in [0, 0.1) is 20.8 Å². The number of rotatable bonds is 9. The standard InChI is InChI=1S/C30H39N3O7/c1-20-16-21(2)26(22(3)17-20)33-13-12-32(19-33)14-15-38-29(36)39-24-10-8-23(9-11-24)18-25(27(34)37-7)31-28(35)40-30(4,5)6/h8-13,16-17,25H,14-15,18-19H2,1-7H3,(H,31,35)/t25-/m1/s1. The van der Waals surface area contributed by atoms with Crippen molar-refractivity contribution < 1.29 is 33.3 Å². The third kappa shape index (κ3) is 8.93. The number of aryl methyl sites for hydroxylation is 3. The molecule has 0 aliphatic carbocycles. The van der Waals surface area contributed by atoms with Crippen LogP contribution in [0.25, 0.3) is 0 Å². The quantitative estimate of drug-likeness (QED) is 0.261. The van der Waals surface area contributed by atoms with E-state index in [1.165, 1.54) is 29.5 Å². The van der Waals surface area contributed by atoms with E-state index < -0.39 is 29.9 Å². The Morgan fingerprint density at radius 1 is 1.00 bits per heavy atom. The highest BCUT2D eigenvalue weighted by molar-refractivity contribution is 5.81. The molecule has 10 heteroatoms. The number of nitrogens with zero attached hydrogens (tertiary/aromatic N) is 2. The summed E-state index contributed by atoms with van der Waals surface area (Å²) in [5.41, 5.74) is 4.87. The molecule has 1 amide bonds. The predicted molar refractivity (Wildman–Crippen MR) is 151 cm³/mol. The number of esters is 1. The Morgan fingerprint density at radius 2 is 1.65 bits per heavy atom. The van der Waals surface area contributed by atoms with E-state index in [-0.39, 0.29) is 13.0 Å². The van der Waals surface area contributed by atoms with Crippen molar-refractivity contribution in [3.05, 3.63) is 71.1 Å². The van der Waals surface area contributed by atoms with Gasteiger partial charge < -0.3 is 34.1 Å². The summed E-state index contributed by atoms with van der Waals surface area (Å²) in [4.78, 5) is 40.7. The number of methoxy groups -OCH3 is 1. The molecule has 0 spiro atoms. The van der Waals surface area contributed by atoms with Crippen LogP contribution in [0.3, 0.4) is 0 Å². The number of amides is 1. The average molecular weight is 554 g/mol. The molecule has 40 heavy (non-hydrogen) atoms. The van der Waals surface area contributed by atoms with Gasteiger partial charge in [-0.3, -0.25) is 0 Å². The first kappa shape index (κ1) is 30.3. The molecule has 216 valence electrons. The number of carbonyl (C=O) groups excluding carboxylic acids is 3. The van der Waals surface area contributed by atoms with Crippen molar-refractivity contribution in [2.45, 2.75) is 59.6 Å². The summed E-state index contributed by atoms with van der Waals surface area (Å²) in [7, 11) is 1.25. The number of hydrogen-bond acceptors (Lipinski definition) is 9. The number of alkyl carbamates (subject to hydrolysis) is 1. The molecule has 0 bridgehead atoms. The Morgan fingerprint density at radius 3 is 2.25 bits per heavy atom. The number of hydrogen-bond donors (Lipinski definition) is 1. The minimum Gasteiger partial charge on any atom is -0.467 e. The molecule has 1 atom stereocenters.